The van der Waals surface area contributed by atoms with Gasteiger partial charge in [-0.05, 0) is 60.0 Å². The van der Waals surface area contributed by atoms with Crippen LogP contribution in [0.15, 0.2) is 88.0 Å². The second kappa shape index (κ2) is 8.45. The largest absolute Gasteiger partial charge is 0.489 e. The summed E-state index contributed by atoms with van der Waals surface area (Å²) in [4.78, 5) is 16.6. The van der Waals surface area contributed by atoms with Crippen molar-refractivity contribution in [3.8, 4) is 5.75 Å². The second-order valence-electron chi connectivity index (χ2n) is 6.63. The minimum Gasteiger partial charge on any atom is -0.489 e. The average molecular weight is 448 g/mol. The number of hydrogen-bond donors (Lipinski definition) is 0. The van der Waals surface area contributed by atoms with E-state index < -0.39 is 5.97 Å². The summed E-state index contributed by atoms with van der Waals surface area (Å²) in [5.41, 5.74) is 4.15. The van der Waals surface area contributed by atoms with Gasteiger partial charge in [0.15, 0.2) is 5.70 Å². The molecule has 1 aliphatic rings. The zero-order valence-corrected chi connectivity index (χ0v) is 17.3. The molecule has 0 saturated carbocycles. The van der Waals surface area contributed by atoms with Crippen molar-refractivity contribution in [1.82, 2.24) is 0 Å². The van der Waals surface area contributed by atoms with E-state index in [0.29, 0.717) is 12.5 Å². The number of esters is 1. The van der Waals surface area contributed by atoms with Gasteiger partial charge in [-0.25, -0.2) is 9.79 Å². The zero-order chi connectivity index (χ0) is 20.2. The molecule has 0 aromatic heterocycles. The van der Waals surface area contributed by atoms with Gasteiger partial charge in [0.1, 0.15) is 12.4 Å². The molecule has 1 aliphatic heterocycles. The molecule has 0 saturated heterocycles. The first-order chi connectivity index (χ1) is 14.1. The summed E-state index contributed by atoms with van der Waals surface area (Å²) in [6.07, 6.45) is 1.70. The lowest BCUT2D eigenvalue weighted by Crippen LogP contribution is -2.05. The average Bonchev–Trinajstić information content (AvgIpc) is 3.08. The lowest BCUT2D eigenvalue weighted by Gasteiger charge is -2.09. The van der Waals surface area contributed by atoms with Crippen molar-refractivity contribution in [3.63, 3.8) is 0 Å². The van der Waals surface area contributed by atoms with Crippen molar-refractivity contribution < 1.29 is 14.3 Å². The van der Waals surface area contributed by atoms with Gasteiger partial charge in [-0.3, -0.25) is 0 Å². The van der Waals surface area contributed by atoms with Crippen LogP contribution in [0.2, 0.25) is 0 Å². The molecule has 0 fully saturated rings. The Balaban J connectivity index is 1.53. The molecular formula is C24H18BrNO3. The third-order valence-electron chi connectivity index (χ3n) is 4.51. The molecule has 144 valence electrons. The molecule has 0 atom stereocenters. The van der Waals surface area contributed by atoms with Crippen LogP contribution in [-0.4, -0.2) is 11.9 Å². The highest BCUT2D eigenvalue weighted by Crippen LogP contribution is 2.23. The summed E-state index contributed by atoms with van der Waals surface area (Å²) >= 11 is 3.41. The van der Waals surface area contributed by atoms with Gasteiger partial charge in [0.25, 0.3) is 0 Å². The molecule has 0 spiro atoms. The Hall–Kier alpha value is -3.18. The van der Waals surface area contributed by atoms with Crippen LogP contribution in [-0.2, 0) is 16.1 Å². The van der Waals surface area contributed by atoms with E-state index in [4.69, 9.17) is 9.47 Å². The molecule has 4 rings (SSSR count). The second-order valence-corrected chi connectivity index (χ2v) is 7.55. The molecule has 4 nitrogen and oxygen atoms in total. The Bertz CT molecular complexity index is 1130. The van der Waals surface area contributed by atoms with Gasteiger partial charge < -0.3 is 9.47 Å². The number of ether oxygens (including phenoxy) is 2. The number of hydrogen-bond acceptors (Lipinski definition) is 4. The van der Waals surface area contributed by atoms with Gasteiger partial charge in [-0.15, -0.1) is 0 Å². The molecule has 29 heavy (non-hydrogen) atoms. The molecular weight excluding hydrogens is 430 g/mol. The van der Waals surface area contributed by atoms with Crippen LogP contribution in [0.1, 0.15) is 22.3 Å². The summed E-state index contributed by atoms with van der Waals surface area (Å²) in [7, 11) is 0. The van der Waals surface area contributed by atoms with E-state index in [1.807, 2.05) is 66.7 Å². The number of aliphatic imine (C=N–C) groups is 1. The standard InChI is InChI=1S/C24H18BrNO3/c1-16-6-2-3-8-19(16)15-28-21-11-4-7-17(12-21)13-22-24(27)29-23(26-22)18-9-5-10-20(25)14-18/h2-14H,15H2,1H3/b22-13-. The Morgan fingerprint density at radius 2 is 1.86 bits per heavy atom. The van der Waals surface area contributed by atoms with Crippen LogP contribution in [0.4, 0.5) is 0 Å². The number of halogens is 1. The highest BCUT2D eigenvalue weighted by atomic mass is 79.9. The molecule has 1 heterocycles. The summed E-state index contributed by atoms with van der Waals surface area (Å²) in [5.74, 6) is 0.561. The molecule has 5 heteroatoms. The third kappa shape index (κ3) is 4.63. The van der Waals surface area contributed by atoms with Crippen LogP contribution in [0.25, 0.3) is 6.08 Å². The smallest absolute Gasteiger partial charge is 0.363 e. The maximum atomic E-state index is 12.2. The highest BCUT2D eigenvalue weighted by Gasteiger charge is 2.24. The Morgan fingerprint density at radius 1 is 1.03 bits per heavy atom. The van der Waals surface area contributed by atoms with Gasteiger partial charge >= 0.3 is 5.97 Å². The van der Waals surface area contributed by atoms with Crippen LogP contribution in [0, 0.1) is 6.92 Å². The molecule has 0 N–H and O–H groups in total. The molecule has 0 unspecified atom stereocenters. The Labute approximate surface area is 177 Å². The molecule has 0 radical (unpaired) electrons. The molecule has 3 aromatic carbocycles. The van der Waals surface area contributed by atoms with Gasteiger partial charge in [0.2, 0.25) is 5.90 Å². The summed E-state index contributed by atoms with van der Waals surface area (Å²) in [6.45, 7) is 2.55. The van der Waals surface area contributed by atoms with Gasteiger partial charge in [-0.1, -0.05) is 58.4 Å². The van der Waals surface area contributed by atoms with Crippen LogP contribution >= 0.6 is 15.9 Å². The van der Waals surface area contributed by atoms with Crippen LogP contribution < -0.4 is 4.74 Å². The normalized spacial score (nSPS) is 14.6. The lowest BCUT2D eigenvalue weighted by molar-refractivity contribution is -0.129. The van der Waals surface area contributed by atoms with E-state index in [0.717, 1.165) is 26.9 Å². The first-order valence-electron chi connectivity index (χ1n) is 9.14. The van der Waals surface area contributed by atoms with Gasteiger partial charge in [0, 0.05) is 10.0 Å². The molecule has 3 aromatic rings. The van der Waals surface area contributed by atoms with E-state index in [1.54, 1.807) is 6.08 Å². The predicted octanol–water partition coefficient (Wildman–Crippen LogP) is 5.68. The number of benzene rings is 3. The summed E-state index contributed by atoms with van der Waals surface area (Å²) in [6, 6.07) is 23.1. The molecule has 0 aliphatic carbocycles. The number of nitrogens with zero attached hydrogens (tertiary/aromatic N) is 1. The van der Waals surface area contributed by atoms with E-state index >= 15 is 0 Å². The number of carbonyl (C=O) groups is 1. The minimum absolute atomic E-state index is 0.260. The quantitative estimate of drug-likeness (QED) is 0.373. The van der Waals surface area contributed by atoms with Crippen molar-refractivity contribution in [2.45, 2.75) is 13.5 Å². The molecule has 0 bridgehead atoms. The maximum absolute atomic E-state index is 12.2. The fourth-order valence-electron chi connectivity index (χ4n) is 2.94. The lowest BCUT2D eigenvalue weighted by atomic mass is 10.1. The van der Waals surface area contributed by atoms with Crippen molar-refractivity contribution in [3.05, 3.63) is 105 Å². The summed E-state index contributed by atoms with van der Waals surface area (Å²) in [5, 5.41) is 0. The van der Waals surface area contributed by atoms with Crippen molar-refractivity contribution >= 4 is 33.9 Å². The van der Waals surface area contributed by atoms with E-state index in [-0.39, 0.29) is 5.70 Å². The number of carbonyl (C=O) groups excluding carboxylic acids is 1. The summed E-state index contributed by atoms with van der Waals surface area (Å²) < 4.78 is 12.1. The monoisotopic (exact) mass is 447 g/mol. The van der Waals surface area contributed by atoms with Crippen molar-refractivity contribution in [2.24, 2.45) is 4.99 Å². The molecule has 0 amide bonds. The van der Waals surface area contributed by atoms with Gasteiger partial charge in [-0.2, -0.15) is 0 Å². The van der Waals surface area contributed by atoms with Gasteiger partial charge in [0.05, 0.1) is 0 Å². The van der Waals surface area contributed by atoms with Crippen LogP contribution in [0.3, 0.4) is 0 Å². The fourth-order valence-corrected chi connectivity index (χ4v) is 3.34. The number of cyclic esters (lactones) is 1. The fraction of sp³-hybridized carbons (Fsp3) is 0.0833. The van der Waals surface area contributed by atoms with E-state index in [1.165, 1.54) is 5.56 Å². The third-order valence-corrected chi connectivity index (χ3v) is 5.00. The number of aryl methyl sites for hydroxylation is 1. The topological polar surface area (TPSA) is 47.9 Å². The minimum atomic E-state index is -0.466. The first-order valence-corrected chi connectivity index (χ1v) is 9.94. The van der Waals surface area contributed by atoms with E-state index in [9.17, 15) is 4.79 Å². The van der Waals surface area contributed by atoms with Crippen LogP contribution in [0.5, 0.6) is 5.75 Å². The highest BCUT2D eigenvalue weighted by molar-refractivity contribution is 9.10. The Morgan fingerprint density at radius 3 is 2.69 bits per heavy atom. The zero-order valence-electron chi connectivity index (χ0n) is 15.8. The van der Waals surface area contributed by atoms with E-state index in [2.05, 4.69) is 33.9 Å². The first kappa shape index (κ1) is 19.2. The number of rotatable bonds is 5. The maximum Gasteiger partial charge on any atom is 0.363 e. The SMILES string of the molecule is Cc1ccccc1COc1cccc(/C=C2\N=C(c3cccc(Br)c3)OC2=O)c1. The Kier molecular flexibility index (Phi) is 5.58. The van der Waals surface area contributed by atoms with Crippen molar-refractivity contribution in [2.75, 3.05) is 0 Å². The van der Waals surface area contributed by atoms with Crippen molar-refractivity contribution in [1.29, 1.82) is 0 Å². The predicted molar refractivity (Wildman–Crippen MR) is 117 cm³/mol.